The van der Waals surface area contributed by atoms with Crippen LogP contribution in [-0.2, 0) is 0 Å². The van der Waals surface area contributed by atoms with E-state index in [9.17, 15) is 13.2 Å². The molecule has 0 unspecified atom stereocenters. The third-order valence-electron chi connectivity index (χ3n) is 1.16. The first-order valence-electron chi connectivity index (χ1n) is 2.63. The Kier molecular flexibility index (Phi) is 3.11. The average molecular weight is 327 g/mol. The molecule has 0 radical (unpaired) electrons. The van der Waals surface area contributed by atoms with Crippen LogP contribution < -0.4 is 0 Å². The molecule has 0 heterocycles. The fourth-order valence-electron chi connectivity index (χ4n) is 0.578. The van der Waals surface area contributed by atoms with Crippen LogP contribution in [0, 0.1) is 21.0 Å². The minimum absolute atomic E-state index is 0.311. The van der Waals surface area contributed by atoms with Gasteiger partial charge >= 0.3 is 0 Å². The summed E-state index contributed by atoms with van der Waals surface area (Å²) in [6, 6.07) is 0. The highest BCUT2D eigenvalue weighted by Crippen LogP contribution is 2.32. The molecule has 66 valence electrons. The maximum atomic E-state index is 12.8. The highest BCUT2D eigenvalue weighted by atomic mass is 127. The van der Waals surface area contributed by atoms with Crippen molar-refractivity contribution in [2.45, 2.75) is 0 Å². The summed E-state index contributed by atoms with van der Waals surface area (Å²) >= 11 is 11.8. The Morgan fingerprint density at radius 3 is 1.83 bits per heavy atom. The second kappa shape index (κ2) is 3.59. The van der Waals surface area contributed by atoms with Gasteiger partial charge in [-0.3, -0.25) is 0 Å². The molecule has 0 bridgehead atoms. The van der Waals surface area contributed by atoms with Crippen molar-refractivity contribution in [1.82, 2.24) is 0 Å². The predicted octanol–water partition coefficient (Wildman–Crippen LogP) is 4.02. The first-order chi connectivity index (χ1) is 5.46. The maximum Gasteiger partial charge on any atom is 0.181 e. The molecule has 0 N–H and O–H groups in total. The molecular weight excluding hydrogens is 327 g/mol. The molecule has 0 nitrogen and oxygen atoms in total. The highest BCUT2D eigenvalue weighted by molar-refractivity contribution is 14.1. The Morgan fingerprint density at radius 2 is 1.33 bits per heavy atom. The maximum absolute atomic E-state index is 12.8. The van der Waals surface area contributed by atoms with Crippen LogP contribution in [0.25, 0.3) is 0 Å². The van der Waals surface area contributed by atoms with E-state index in [-0.39, 0.29) is 3.57 Å². The lowest BCUT2D eigenvalue weighted by Gasteiger charge is -2.03. The fraction of sp³-hybridized carbons (Fsp3) is 0. The molecule has 0 aliphatic carbocycles. The van der Waals surface area contributed by atoms with E-state index in [1.165, 1.54) is 22.6 Å². The topological polar surface area (TPSA) is 0 Å². The van der Waals surface area contributed by atoms with Crippen molar-refractivity contribution < 1.29 is 13.2 Å². The van der Waals surface area contributed by atoms with Crippen LogP contribution in [0.4, 0.5) is 13.2 Å². The van der Waals surface area contributed by atoms with Crippen molar-refractivity contribution in [2.75, 3.05) is 0 Å². The van der Waals surface area contributed by atoms with Gasteiger partial charge in [-0.2, -0.15) is 0 Å². The van der Waals surface area contributed by atoms with Crippen molar-refractivity contribution in [1.29, 1.82) is 0 Å². The Balaban J connectivity index is 3.60. The van der Waals surface area contributed by atoms with Crippen molar-refractivity contribution in [3.63, 3.8) is 0 Å². The smallest absolute Gasteiger partial charge is 0.181 e. The standard InChI is InChI=1S/C6Cl2F3I/c7-1-3(9)2(8)6(12)5(11)4(1)10. The molecule has 0 atom stereocenters. The molecule has 0 spiro atoms. The van der Waals surface area contributed by atoms with Crippen LogP contribution in [0.5, 0.6) is 0 Å². The van der Waals surface area contributed by atoms with Crippen molar-refractivity contribution in [3.05, 3.63) is 31.1 Å². The SMILES string of the molecule is Fc1c(F)c(I)c(Cl)c(F)c1Cl. The minimum Gasteiger partial charge on any atom is -0.204 e. The van der Waals surface area contributed by atoms with Crippen LogP contribution in [-0.4, -0.2) is 0 Å². The van der Waals surface area contributed by atoms with E-state index in [1.807, 2.05) is 0 Å². The van der Waals surface area contributed by atoms with Gasteiger partial charge in [-0.1, -0.05) is 23.2 Å². The molecule has 12 heavy (non-hydrogen) atoms. The summed E-state index contributed by atoms with van der Waals surface area (Å²) in [7, 11) is 0. The van der Waals surface area contributed by atoms with E-state index in [4.69, 9.17) is 23.2 Å². The average Bonchev–Trinajstić information content (AvgIpc) is 2.08. The number of rotatable bonds is 0. The fourth-order valence-corrected chi connectivity index (χ4v) is 1.45. The van der Waals surface area contributed by atoms with Gasteiger partial charge in [-0.05, 0) is 22.6 Å². The van der Waals surface area contributed by atoms with Crippen molar-refractivity contribution in [3.8, 4) is 0 Å². The van der Waals surface area contributed by atoms with Gasteiger partial charge in [-0.15, -0.1) is 0 Å². The van der Waals surface area contributed by atoms with Crippen LogP contribution >= 0.6 is 45.8 Å². The molecule has 1 aromatic carbocycles. The lowest BCUT2D eigenvalue weighted by atomic mass is 10.3. The number of benzene rings is 1. The Morgan fingerprint density at radius 1 is 0.833 bits per heavy atom. The zero-order valence-corrected chi connectivity index (χ0v) is 8.94. The highest BCUT2D eigenvalue weighted by Gasteiger charge is 2.20. The zero-order chi connectivity index (χ0) is 9.46. The molecule has 0 aromatic heterocycles. The number of hydrogen-bond donors (Lipinski definition) is 0. The van der Waals surface area contributed by atoms with E-state index in [0.29, 0.717) is 0 Å². The lowest BCUT2D eigenvalue weighted by Crippen LogP contribution is -1.95. The van der Waals surface area contributed by atoms with E-state index < -0.39 is 27.5 Å². The number of hydrogen-bond acceptors (Lipinski definition) is 0. The Labute approximate surface area is 89.8 Å². The molecule has 1 rings (SSSR count). The van der Waals surface area contributed by atoms with Crippen LogP contribution in [0.1, 0.15) is 0 Å². The summed E-state index contributed by atoms with van der Waals surface area (Å²) in [5, 5.41) is -1.42. The lowest BCUT2D eigenvalue weighted by molar-refractivity contribution is 0.490. The largest absolute Gasteiger partial charge is 0.204 e. The molecule has 6 heteroatoms. The van der Waals surface area contributed by atoms with Crippen LogP contribution in [0.2, 0.25) is 10.0 Å². The predicted molar refractivity (Wildman–Crippen MR) is 49.1 cm³/mol. The van der Waals surface area contributed by atoms with Crippen LogP contribution in [0.15, 0.2) is 0 Å². The normalized spacial score (nSPS) is 10.5. The summed E-state index contributed by atoms with van der Waals surface area (Å²) in [5.41, 5.74) is 0. The van der Waals surface area contributed by atoms with Crippen LogP contribution in [0.3, 0.4) is 0 Å². The van der Waals surface area contributed by atoms with Gasteiger partial charge in [0.05, 0.1) is 8.59 Å². The number of halogens is 6. The van der Waals surface area contributed by atoms with Gasteiger partial charge in [0.1, 0.15) is 5.02 Å². The molecule has 0 aliphatic heterocycles. The van der Waals surface area contributed by atoms with Gasteiger partial charge < -0.3 is 0 Å². The molecule has 0 saturated carbocycles. The molecule has 0 fully saturated rings. The molecule has 0 aliphatic rings. The Bertz CT molecular complexity index is 235. The molecule has 1 aromatic rings. The summed E-state index contributed by atoms with van der Waals surface area (Å²) in [6.07, 6.45) is 0. The van der Waals surface area contributed by atoms with E-state index in [0.717, 1.165) is 0 Å². The quantitative estimate of drug-likeness (QED) is 0.384. The molecular formula is C6Cl2F3I. The third-order valence-corrected chi connectivity index (χ3v) is 3.17. The van der Waals surface area contributed by atoms with Gasteiger partial charge in [0.2, 0.25) is 0 Å². The van der Waals surface area contributed by atoms with E-state index >= 15 is 0 Å². The van der Waals surface area contributed by atoms with Gasteiger partial charge in [-0.25, -0.2) is 13.2 Å². The first kappa shape index (κ1) is 10.4. The van der Waals surface area contributed by atoms with Crippen molar-refractivity contribution in [2.24, 2.45) is 0 Å². The third kappa shape index (κ3) is 1.52. The van der Waals surface area contributed by atoms with E-state index in [1.54, 1.807) is 0 Å². The summed E-state index contributed by atoms with van der Waals surface area (Å²) in [6.45, 7) is 0. The zero-order valence-electron chi connectivity index (χ0n) is 5.27. The van der Waals surface area contributed by atoms with Gasteiger partial charge in [0, 0.05) is 0 Å². The minimum atomic E-state index is -1.41. The summed E-state index contributed by atoms with van der Waals surface area (Å²) < 4.78 is 37.8. The van der Waals surface area contributed by atoms with E-state index in [2.05, 4.69) is 0 Å². The molecule has 0 saturated heterocycles. The Hall–Kier alpha value is 0.320. The summed E-state index contributed by atoms with van der Waals surface area (Å²) in [5.74, 6) is -3.78. The monoisotopic (exact) mass is 326 g/mol. The van der Waals surface area contributed by atoms with Gasteiger partial charge in [0.15, 0.2) is 17.5 Å². The van der Waals surface area contributed by atoms with Gasteiger partial charge in [0.25, 0.3) is 0 Å². The second-order valence-corrected chi connectivity index (χ2v) is 3.72. The molecule has 0 amide bonds. The van der Waals surface area contributed by atoms with Crippen molar-refractivity contribution >= 4 is 45.8 Å². The summed E-state index contributed by atoms with van der Waals surface area (Å²) in [4.78, 5) is 0. The second-order valence-electron chi connectivity index (χ2n) is 1.88. The first-order valence-corrected chi connectivity index (χ1v) is 4.47.